The Hall–Kier alpha value is -2.91. The Morgan fingerprint density at radius 3 is 2.90 bits per heavy atom. The van der Waals surface area contributed by atoms with E-state index >= 15 is 0 Å². The predicted octanol–water partition coefficient (Wildman–Crippen LogP) is 5.40. The van der Waals surface area contributed by atoms with E-state index in [0.29, 0.717) is 6.54 Å². The molecule has 30 heavy (non-hydrogen) atoms. The molecule has 2 aromatic heterocycles. The summed E-state index contributed by atoms with van der Waals surface area (Å²) in [4.78, 5) is 19.9. The van der Waals surface area contributed by atoms with Crippen LogP contribution in [0, 0.1) is 25.2 Å². The van der Waals surface area contributed by atoms with Gasteiger partial charge in [0.1, 0.15) is 16.6 Å². The highest BCUT2D eigenvalue weighted by atomic mass is 32.1. The van der Waals surface area contributed by atoms with Gasteiger partial charge in [-0.3, -0.25) is 4.79 Å². The first kappa shape index (κ1) is 20.4. The Kier molecular flexibility index (Phi) is 5.74. The molecule has 0 bridgehead atoms. The molecule has 6 heteroatoms. The highest BCUT2D eigenvalue weighted by Gasteiger charge is 2.33. The van der Waals surface area contributed by atoms with Crippen LogP contribution in [0.15, 0.2) is 35.9 Å². The number of hydrogen-bond donors (Lipinski definition) is 0. The molecule has 3 heterocycles. The van der Waals surface area contributed by atoms with E-state index in [1.54, 1.807) is 17.4 Å². The lowest BCUT2D eigenvalue weighted by molar-refractivity contribution is -0.127. The van der Waals surface area contributed by atoms with Crippen molar-refractivity contribution in [3.8, 4) is 6.07 Å². The maximum Gasteiger partial charge on any atom is 0.265 e. The first-order valence-electron chi connectivity index (χ1n) is 10.5. The molecule has 1 aliphatic heterocycles. The number of thiazole rings is 1. The normalized spacial score (nSPS) is 16.9. The number of rotatable bonds is 5. The number of likely N-dealkylation sites (tertiary alicyclic amines) is 1. The minimum absolute atomic E-state index is 0.0563. The molecule has 1 aromatic carbocycles. The third-order valence-corrected chi connectivity index (χ3v) is 6.96. The summed E-state index contributed by atoms with van der Waals surface area (Å²) in [5, 5.41) is 10.7. The molecule has 0 saturated carbocycles. The number of aryl methyl sites for hydroxylation is 1. The number of nitriles is 1. The van der Waals surface area contributed by atoms with Crippen molar-refractivity contribution in [3.05, 3.63) is 57.9 Å². The summed E-state index contributed by atoms with van der Waals surface area (Å²) in [5.74, 6) is -0.195. The average Bonchev–Trinajstić information content (AvgIpc) is 3.45. The molecule has 154 valence electrons. The predicted molar refractivity (Wildman–Crippen MR) is 121 cm³/mol. The minimum atomic E-state index is -0.195. The molecule has 0 radical (unpaired) electrons. The monoisotopic (exact) mass is 418 g/mol. The van der Waals surface area contributed by atoms with Gasteiger partial charge in [0.15, 0.2) is 0 Å². The quantitative estimate of drug-likeness (QED) is 0.412. The van der Waals surface area contributed by atoms with Crippen molar-refractivity contribution in [1.82, 2.24) is 14.5 Å². The van der Waals surface area contributed by atoms with Gasteiger partial charge >= 0.3 is 0 Å². The maximum atomic E-state index is 13.3. The van der Waals surface area contributed by atoms with Crippen LogP contribution < -0.4 is 0 Å². The molecular formula is C24H26N4OS. The highest BCUT2D eigenvalue weighted by molar-refractivity contribution is 7.18. The second-order valence-electron chi connectivity index (χ2n) is 7.82. The molecule has 0 N–H and O–H groups in total. The molecule has 1 atom stereocenters. The van der Waals surface area contributed by atoms with Crippen molar-refractivity contribution in [2.24, 2.45) is 0 Å². The van der Waals surface area contributed by atoms with Gasteiger partial charge in [0.05, 0.1) is 16.3 Å². The van der Waals surface area contributed by atoms with Gasteiger partial charge in [-0.2, -0.15) is 5.26 Å². The standard InChI is InChI=1S/C24H26N4OS/c1-4-11-27-16(2)13-18(17(27)3)14-19(15-25)24(29)28-12-7-9-21(28)23-26-20-8-5-6-10-22(20)30-23/h5-6,8,10,13-14,21H,4,7,9,11-12H2,1-3H3. The largest absolute Gasteiger partial charge is 0.349 e. The Bertz CT molecular complexity index is 1130. The van der Waals surface area contributed by atoms with Crippen molar-refractivity contribution in [1.29, 1.82) is 5.26 Å². The first-order chi connectivity index (χ1) is 14.5. The summed E-state index contributed by atoms with van der Waals surface area (Å²) in [7, 11) is 0. The van der Waals surface area contributed by atoms with Gasteiger partial charge in [-0.05, 0) is 62.9 Å². The molecule has 4 rings (SSSR count). The maximum absolute atomic E-state index is 13.3. The van der Waals surface area contributed by atoms with Crippen LogP contribution in [0.3, 0.4) is 0 Å². The zero-order chi connectivity index (χ0) is 21.3. The number of fused-ring (bicyclic) bond motifs is 1. The molecule has 3 aromatic rings. The van der Waals surface area contributed by atoms with Crippen molar-refractivity contribution < 1.29 is 4.79 Å². The van der Waals surface area contributed by atoms with E-state index in [2.05, 4.69) is 36.6 Å². The second-order valence-corrected chi connectivity index (χ2v) is 8.89. The molecule has 1 amide bonds. The van der Waals surface area contributed by atoms with Crippen molar-refractivity contribution in [3.63, 3.8) is 0 Å². The molecule has 1 aliphatic rings. The van der Waals surface area contributed by atoms with Crippen molar-refractivity contribution >= 4 is 33.5 Å². The number of aromatic nitrogens is 2. The number of carbonyl (C=O) groups is 1. The van der Waals surface area contributed by atoms with Gasteiger partial charge in [0.2, 0.25) is 0 Å². The van der Waals surface area contributed by atoms with Gasteiger partial charge in [-0.1, -0.05) is 19.1 Å². The van der Waals surface area contributed by atoms with Crippen LogP contribution in [0.5, 0.6) is 0 Å². The fraction of sp³-hybridized carbons (Fsp3) is 0.375. The van der Waals surface area contributed by atoms with Crippen LogP contribution in [-0.4, -0.2) is 26.9 Å². The highest BCUT2D eigenvalue weighted by Crippen LogP contribution is 2.37. The Morgan fingerprint density at radius 2 is 2.17 bits per heavy atom. The Balaban J connectivity index is 1.64. The van der Waals surface area contributed by atoms with E-state index in [4.69, 9.17) is 4.98 Å². The van der Waals surface area contributed by atoms with Gasteiger partial charge in [-0.25, -0.2) is 4.98 Å². The van der Waals surface area contributed by atoms with Gasteiger partial charge in [0, 0.05) is 24.5 Å². The van der Waals surface area contributed by atoms with Crippen LogP contribution in [0.25, 0.3) is 16.3 Å². The fourth-order valence-corrected chi connectivity index (χ4v) is 5.41. The fourth-order valence-electron chi connectivity index (χ4n) is 4.29. The van der Waals surface area contributed by atoms with E-state index in [-0.39, 0.29) is 17.5 Å². The van der Waals surface area contributed by atoms with E-state index in [0.717, 1.165) is 58.0 Å². The Morgan fingerprint density at radius 1 is 1.37 bits per heavy atom. The zero-order valence-corrected chi connectivity index (χ0v) is 18.5. The van der Waals surface area contributed by atoms with Gasteiger partial charge in [0.25, 0.3) is 5.91 Å². The summed E-state index contributed by atoms with van der Waals surface area (Å²) in [5.41, 5.74) is 4.36. The van der Waals surface area contributed by atoms with Crippen LogP contribution in [-0.2, 0) is 11.3 Å². The SMILES string of the molecule is CCCn1c(C)cc(C=C(C#N)C(=O)N2CCCC2c2nc3ccccc3s2)c1C. The van der Waals surface area contributed by atoms with Crippen LogP contribution in [0.2, 0.25) is 0 Å². The lowest BCUT2D eigenvalue weighted by atomic mass is 10.1. The molecule has 1 saturated heterocycles. The number of carbonyl (C=O) groups excluding carboxylic acids is 1. The minimum Gasteiger partial charge on any atom is -0.349 e. The topological polar surface area (TPSA) is 61.9 Å². The molecule has 1 fully saturated rings. The lowest BCUT2D eigenvalue weighted by Gasteiger charge is -2.22. The Labute approximate surface area is 181 Å². The number of nitrogens with zero attached hydrogens (tertiary/aromatic N) is 4. The summed E-state index contributed by atoms with van der Waals surface area (Å²) < 4.78 is 3.37. The van der Waals surface area contributed by atoms with E-state index in [9.17, 15) is 10.1 Å². The summed E-state index contributed by atoms with van der Waals surface area (Å²) in [6.45, 7) is 7.86. The lowest BCUT2D eigenvalue weighted by Crippen LogP contribution is -2.31. The number of hydrogen-bond acceptors (Lipinski definition) is 4. The van der Waals surface area contributed by atoms with E-state index < -0.39 is 0 Å². The molecule has 1 unspecified atom stereocenters. The molecule has 0 spiro atoms. The van der Waals surface area contributed by atoms with Crippen molar-refractivity contribution in [2.75, 3.05) is 6.54 Å². The average molecular weight is 419 g/mol. The number of amides is 1. The van der Waals surface area contributed by atoms with Crippen LogP contribution >= 0.6 is 11.3 Å². The van der Waals surface area contributed by atoms with E-state index in [1.165, 1.54) is 0 Å². The first-order valence-corrected chi connectivity index (χ1v) is 11.3. The third-order valence-electron chi connectivity index (χ3n) is 5.82. The van der Waals surface area contributed by atoms with E-state index in [1.807, 2.05) is 30.0 Å². The number of benzene rings is 1. The second kappa shape index (κ2) is 8.45. The number of para-hydroxylation sites is 1. The molecule has 0 aliphatic carbocycles. The smallest absolute Gasteiger partial charge is 0.265 e. The summed E-state index contributed by atoms with van der Waals surface area (Å²) in [6, 6.07) is 12.2. The van der Waals surface area contributed by atoms with Crippen molar-refractivity contribution in [2.45, 2.75) is 52.6 Å². The third kappa shape index (κ3) is 3.66. The van der Waals surface area contributed by atoms with Crippen LogP contribution in [0.1, 0.15) is 54.2 Å². The zero-order valence-electron chi connectivity index (χ0n) is 17.7. The summed E-state index contributed by atoms with van der Waals surface area (Å²) in [6.07, 6.45) is 4.61. The summed E-state index contributed by atoms with van der Waals surface area (Å²) >= 11 is 1.64. The molecule has 5 nitrogen and oxygen atoms in total. The van der Waals surface area contributed by atoms with Crippen LogP contribution in [0.4, 0.5) is 0 Å². The van der Waals surface area contributed by atoms with Gasteiger partial charge in [-0.15, -0.1) is 11.3 Å². The van der Waals surface area contributed by atoms with Gasteiger partial charge < -0.3 is 9.47 Å². The molecular weight excluding hydrogens is 392 g/mol.